The smallest absolute Gasteiger partial charge is 0.0378 e. The van der Waals surface area contributed by atoms with E-state index in [-0.39, 0.29) is 0 Å². The van der Waals surface area contributed by atoms with Gasteiger partial charge < -0.3 is 4.90 Å². The Labute approximate surface area is 111 Å². The molecule has 0 aromatic heterocycles. The summed E-state index contributed by atoms with van der Waals surface area (Å²) in [5.41, 5.74) is 3.25. The van der Waals surface area contributed by atoms with Gasteiger partial charge in [0.25, 0.3) is 0 Å². The molecular weight excluding hydrogens is 218 g/mol. The first-order valence-electron chi connectivity index (χ1n) is 7.06. The van der Waals surface area contributed by atoms with Crippen molar-refractivity contribution in [2.75, 3.05) is 11.4 Å². The molecule has 2 bridgehead atoms. The van der Waals surface area contributed by atoms with Crippen molar-refractivity contribution in [2.24, 2.45) is 11.3 Å². The molecule has 0 spiro atoms. The third kappa shape index (κ3) is 1.77. The summed E-state index contributed by atoms with van der Waals surface area (Å²) in [6.07, 6.45) is 6.02. The second-order valence-electron chi connectivity index (χ2n) is 6.46. The van der Waals surface area contributed by atoms with Gasteiger partial charge in [0.05, 0.1) is 0 Å². The zero-order valence-corrected chi connectivity index (χ0v) is 11.5. The Morgan fingerprint density at radius 2 is 2.00 bits per heavy atom. The summed E-state index contributed by atoms with van der Waals surface area (Å²) in [6.45, 7) is 9.80. The number of piperidine rings is 2. The SMILES string of the molecule is C=CC[C@@H]1N(c2ccc(C)cc2)CC2CC1(C)C2. The lowest BCUT2D eigenvalue weighted by Gasteiger charge is -2.61. The monoisotopic (exact) mass is 241 g/mol. The molecule has 4 rings (SSSR count). The topological polar surface area (TPSA) is 3.24 Å². The molecule has 3 aliphatic rings. The molecule has 96 valence electrons. The van der Waals surface area contributed by atoms with E-state index in [9.17, 15) is 0 Å². The van der Waals surface area contributed by atoms with Crippen molar-refractivity contribution in [2.45, 2.75) is 39.2 Å². The number of aryl methyl sites for hydroxylation is 1. The van der Waals surface area contributed by atoms with Gasteiger partial charge in [0.15, 0.2) is 0 Å². The maximum Gasteiger partial charge on any atom is 0.0378 e. The van der Waals surface area contributed by atoms with Crippen molar-refractivity contribution in [3.8, 4) is 0 Å². The minimum absolute atomic E-state index is 0.516. The summed E-state index contributed by atoms with van der Waals surface area (Å²) < 4.78 is 0. The van der Waals surface area contributed by atoms with Crippen molar-refractivity contribution < 1.29 is 0 Å². The van der Waals surface area contributed by atoms with Gasteiger partial charge in [-0.2, -0.15) is 0 Å². The Balaban J connectivity index is 1.90. The Bertz CT molecular complexity index is 439. The highest BCUT2D eigenvalue weighted by Gasteiger charge is 2.52. The van der Waals surface area contributed by atoms with Gasteiger partial charge in [-0.25, -0.2) is 0 Å². The van der Waals surface area contributed by atoms with Gasteiger partial charge in [0.2, 0.25) is 0 Å². The molecule has 2 heterocycles. The fraction of sp³-hybridized carbons (Fsp3) is 0.529. The number of benzene rings is 1. The highest BCUT2D eigenvalue weighted by molar-refractivity contribution is 5.50. The van der Waals surface area contributed by atoms with Crippen LogP contribution in [0.15, 0.2) is 36.9 Å². The van der Waals surface area contributed by atoms with Gasteiger partial charge in [-0.05, 0) is 49.7 Å². The third-order valence-corrected chi connectivity index (χ3v) is 4.90. The highest BCUT2D eigenvalue weighted by Crippen LogP contribution is 2.55. The van der Waals surface area contributed by atoms with E-state index in [1.54, 1.807) is 0 Å². The van der Waals surface area contributed by atoms with Crippen molar-refractivity contribution in [1.82, 2.24) is 0 Å². The number of anilines is 1. The number of nitrogens with zero attached hydrogens (tertiary/aromatic N) is 1. The Kier molecular flexibility index (Phi) is 2.73. The summed E-state index contributed by atoms with van der Waals surface area (Å²) >= 11 is 0. The molecule has 0 amide bonds. The minimum atomic E-state index is 0.516. The normalized spacial score (nSPS) is 34.0. The maximum absolute atomic E-state index is 3.95. The van der Waals surface area contributed by atoms with Gasteiger partial charge in [-0.1, -0.05) is 30.7 Å². The largest absolute Gasteiger partial charge is 0.367 e. The predicted octanol–water partition coefficient (Wildman–Crippen LogP) is 4.18. The van der Waals surface area contributed by atoms with Crippen LogP contribution in [0.4, 0.5) is 5.69 Å². The molecule has 3 fully saturated rings. The standard InChI is InChI=1S/C17H23N/c1-4-5-16-17(3)10-14(11-17)12-18(16)15-8-6-13(2)7-9-15/h4,6-9,14,16H,1,5,10-12H2,2-3H3/t14?,16-,17?/m0/s1. The average molecular weight is 241 g/mol. The molecule has 2 saturated heterocycles. The van der Waals surface area contributed by atoms with E-state index >= 15 is 0 Å². The number of hydrogen-bond donors (Lipinski definition) is 0. The number of hydrogen-bond acceptors (Lipinski definition) is 1. The van der Waals surface area contributed by atoms with Crippen molar-refractivity contribution in [3.63, 3.8) is 0 Å². The van der Waals surface area contributed by atoms with Gasteiger partial charge in [0.1, 0.15) is 0 Å². The van der Waals surface area contributed by atoms with E-state index in [4.69, 9.17) is 0 Å². The summed E-state index contributed by atoms with van der Waals surface area (Å²) in [7, 11) is 0. The van der Waals surface area contributed by atoms with E-state index in [2.05, 4.69) is 55.7 Å². The molecule has 0 unspecified atom stereocenters. The summed E-state index contributed by atoms with van der Waals surface area (Å²) in [6, 6.07) is 9.65. The van der Waals surface area contributed by atoms with Crippen LogP contribution in [0.25, 0.3) is 0 Å². The molecule has 1 saturated carbocycles. The second kappa shape index (κ2) is 4.15. The number of fused-ring (bicyclic) bond motifs is 2. The van der Waals surface area contributed by atoms with Crippen molar-refractivity contribution >= 4 is 5.69 Å². The highest BCUT2D eigenvalue weighted by atomic mass is 15.2. The van der Waals surface area contributed by atoms with E-state index in [0.717, 1.165) is 12.3 Å². The van der Waals surface area contributed by atoms with Gasteiger partial charge in [0, 0.05) is 18.3 Å². The molecular formula is C17H23N. The van der Waals surface area contributed by atoms with E-state index in [1.807, 2.05) is 0 Å². The van der Waals surface area contributed by atoms with Gasteiger partial charge >= 0.3 is 0 Å². The van der Waals surface area contributed by atoms with Crippen LogP contribution in [-0.2, 0) is 0 Å². The van der Waals surface area contributed by atoms with E-state index in [0.29, 0.717) is 11.5 Å². The molecule has 0 radical (unpaired) electrons. The van der Waals surface area contributed by atoms with Crippen LogP contribution in [0.1, 0.15) is 31.7 Å². The Hall–Kier alpha value is -1.24. The fourth-order valence-corrected chi connectivity index (χ4v) is 4.03. The molecule has 2 aliphatic heterocycles. The molecule has 1 heteroatoms. The van der Waals surface area contributed by atoms with Gasteiger partial charge in [-0.15, -0.1) is 6.58 Å². The van der Waals surface area contributed by atoms with Gasteiger partial charge in [-0.3, -0.25) is 0 Å². The minimum Gasteiger partial charge on any atom is -0.367 e. The first kappa shape index (κ1) is 11.8. The fourth-order valence-electron chi connectivity index (χ4n) is 4.03. The van der Waals surface area contributed by atoms with Crippen molar-refractivity contribution in [3.05, 3.63) is 42.5 Å². The summed E-state index contributed by atoms with van der Waals surface area (Å²) in [4.78, 5) is 2.62. The van der Waals surface area contributed by atoms with E-state index in [1.165, 1.54) is 30.6 Å². The molecule has 1 nitrogen and oxygen atoms in total. The average Bonchev–Trinajstić information content (AvgIpc) is 2.31. The maximum atomic E-state index is 3.95. The molecule has 0 N–H and O–H groups in total. The second-order valence-corrected chi connectivity index (χ2v) is 6.46. The van der Waals surface area contributed by atoms with Crippen LogP contribution in [0, 0.1) is 18.3 Å². The zero-order chi connectivity index (χ0) is 12.8. The first-order valence-corrected chi connectivity index (χ1v) is 7.06. The van der Waals surface area contributed by atoms with Crippen LogP contribution in [0.2, 0.25) is 0 Å². The van der Waals surface area contributed by atoms with Crippen molar-refractivity contribution in [1.29, 1.82) is 0 Å². The molecule has 1 aromatic rings. The lowest BCUT2D eigenvalue weighted by Crippen LogP contribution is -2.61. The number of rotatable bonds is 3. The first-order chi connectivity index (χ1) is 8.62. The zero-order valence-electron chi connectivity index (χ0n) is 11.5. The lowest BCUT2D eigenvalue weighted by atomic mass is 9.55. The molecule has 1 aliphatic carbocycles. The van der Waals surface area contributed by atoms with Crippen LogP contribution in [0.5, 0.6) is 0 Å². The predicted molar refractivity (Wildman–Crippen MR) is 78.0 cm³/mol. The molecule has 1 atom stereocenters. The molecule has 1 aromatic carbocycles. The summed E-state index contributed by atoms with van der Waals surface area (Å²) in [5.74, 6) is 0.914. The van der Waals surface area contributed by atoms with Crippen LogP contribution < -0.4 is 4.90 Å². The lowest BCUT2D eigenvalue weighted by molar-refractivity contribution is 0.00756. The Morgan fingerprint density at radius 3 is 2.61 bits per heavy atom. The Morgan fingerprint density at radius 1 is 1.33 bits per heavy atom. The quantitative estimate of drug-likeness (QED) is 0.718. The van der Waals surface area contributed by atoms with Crippen LogP contribution >= 0.6 is 0 Å². The van der Waals surface area contributed by atoms with E-state index < -0.39 is 0 Å². The summed E-state index contributed by atoms with van der Waals surface area (Å²) in [5, 5.41) is 0. The third-order valence-electron chi connectivity index (χ3n) is 4.90. The van der Waals surface area contributed by atoms with Crippen LogP contribution in [-0.4, -0.2) is 12.6 Å². The van der Waals surface area contributed by atoms with Crippen LogP contribution in [0.3, 0.4) is 0 Å². The molecule has 18 heavy (non-hydrogen) atoms.